The summed E-state index contributed by atoms with van der Waals surface area (Å²) in [5.41, 5.74) is 2.21. The summed E-state index contributed by atoms with van der Waals surface area (Å²) in [6, 6.07) is 16.0. The summed E-state index contributed by atoms with van der Waals surface area (Å²) in [6.45, 7) is 4.18. The molecule has 0 aliphatic carbocycles. The van der Waals surface area contributed by atoms with Crippen LogP contribution in [0.5, 0.6) is 11.5 Å². The molecular weight excluding hydrogens is 526 g/mol. The highest BCUT2D eigenvalue weighted by Crippen LogP contribution is 2.46. The third-order valence-corrected chi connectivity index (χ3v) is 8.41. The number of para-hydroxylation sites is 1. The van der Waals surface area contributed by atoms with Crippen LogP contribution in [0, 0.1) is 5.92 Å². The van der Waals surface area contributed by atoms with Crippen molar-refractivity contribution >= 4 is 40.4 Å². The topological polar surface area (TPSA) is 116 Å². The van der Waals surface area contributed by atoms with E-state index in [1.807, 2.05) is 56.3 Å². The number of H-pyrrole nitrogens is 1. The number of nitrogens with one attached hydrogen (secondary N) is 3. The first kappa shape index (κ1) is 25.9. The van der Waals surface area contributed by atoms with Gasteiger partial charge in [0, 0.05) is 41.1 Å². The molecule has 0 spiro atoms. The second kappa shape index (κ2) is 10.7. The second-order valence-corrected chi connectivity index (χ2v) is 11.4. The van der Waals surface area contributed by atoms with Crippen LogP contribution in [-0.4, -0.2) is 51.7 Å². The molecule has 2 aliphatic rings. The summed E-state index contributed by atoms with van der Waals surface area (Å²) in [6.07, 6.45) is 4.05. The van der Waals surface area contributed by atoms with Crippen LogP contribution in [0.4, 0.5) is 0 Å². The monoisotopic (exact) mass is 555 g/mol. The molecule has 0 saturated carbocycles. The zero-order valence-electron chi connectivity index (χ0n) is 22.1. The van der Waals surface area contributed by atoms with E-state index in [2.05, 4.69) is 20.6 Å². The van der Waals surface area contributed by atoms with E-state index in [-0.39, 0.29) is 36.2 Å². The molecule has 40 heavy (non-hydrogen) atoms. The van der Waals surface area contributed by atoms with Gasteiger partial charge < -0.3 is 25.3 Å². The van der Waals surface area contributed by atoms with Gasteiger partial charge >= 0.3 is 0 Å². The Kier molecular flexibility index (Phi) is 6.93. The van der Waals surface area contributed by atoms with Gasteiger partial charge in [-0.15, -0.1) is 0 Å². The van der Waals surface area contributed by atoms with Crippen molar-refractivity contribution in [1.82, 2.24) is 25.5 Å². The van der Waals surface area contributed by atoms with Gasteiger partial charge in [-0.1, -0.05) is 30.8 Å². The van der Waals surface area contributed by atoms with Gasteiger partial charge in [0.1, 0.15) is 17.5 Å². The number of ether oxygens (including phenoxy) is 1. The second-order valence-electron chi connectivity index (χ2n) is 10.3. The molecule has 9 nitrogen and oxygen atoms in total. The first-order valence-electron chi connectivity index (χ1n) is 13.2. The lowest BCUT2D eigenvalue weighted by Crippen LogP contribution is -2.49. The molecule has 3 amide bonds. The third kappa shape index (κ3) is 5.14. The van der Waals surface area contributed by atoms with E-state index in [0.29, 0.717) is 24.3 Å². The van der Waals surface area contributed by atoms with E-state index in [1.54, 1.807) is 41.2 Å². The van der Waals surface area contributed by atoms with E-state index in [9.17, 15) is 14.4 Å². The van der Waals surface area contributed by atoms with Crippen molar-refractivity contribution in [2.45, 2.75) is 42.1 Å². The minimum atomic E-state index is -0.595. The molecule has 2 aliphatic heterocycles. The van der Waals surface area contributed by atoms with Crippen LogP contribution in [0.25, 0.3) is 10.9 Å². The van der Waals surface area contributed by atoms with Crippen LogP contribution >= 0.6 is 11.8 Å². The Balaban J connectivity index is 1.07. The van der Waals surface area contributed by atoms with E-state index in [4.69, 9.17) is 4.74 Å². The molecule has 0 bridgehead atoms. The van der Waals surface area contributed by atoms with Crippen molar-refractivity contribution < 1.29 is 19.1 Å². The molecule has 204 valence electrons. The lowest BCUT2D eigenvalue weighted by atomic mass is 10.1. The molecule has 0 radical (unpaired) electrons. The standard InChI is InChI=1S/C30H29N5O4S/c1-17-11-23(30(38)33-18(2)22-12-20-14-31-10-9-21(20)34-22)35(16-17)28(36)15-32-29(37)19-7-8-27-25(13-19)39-24-5-3-4-6-26(24)40-27/h3-10,12-14,17-18,23,34H,11,15-16H2,1-2H3,(H,32,37)(H,33,38)/t17-,18+,23-/m0/s1. The van der Waals surface area contributed by atoms with E-state index < -0.39 is 6.04 Å². The number of nitrogens with zero attached hydrogens (tertiary/aromatic N) is 2. The highest BCUT2D eigenvalue weighted by atomic mass is 32.2. The van der Waals surface area contributed by atoms with Gasteiger partial charge in [0.15, 0.2) is 0 Å². The number of pyridine rings is 1. The Labute approximate surface area is 235 Å². The van der Waals surface area contributed by atoms with Crippen LogP contribution in [-0.2, 0) is 9.59 Å². The van der Waals surface area contributed by atoms with Gasteiger partial charge in [0.05, 0.1) is 22.4 Å². The average molecular weight is 556 g/mol. The maximum absolute atomic E-state index is 13.3. The Morgan fingerprint density at radius 3 is 2.80 bits per heavy atom. The maximum Gasteiger partial charge on any atom is 0.251 e. The summed E-state index contributed by atoms with van der Waals surface area (Å²) in [5.74, 6) is 0.643. The van der Waals surface area contributed by atoms with Gasteiger partial charge in [-0.05, 0) is 61.7 Å². The minimum Gasteiger partial charge on any atom is -0.455 e. The highest BCUT2D eigenvalue weighted by Gasteiger charge is 2.38. The van der Waals surface area contributed by atoms with Crippen LogP contribution in [0.1, 0.15) is 42.4 Å². The normalized spacial score (nSPS) is 18.4. The number of hydrogen-bond donors (Lipinski definition) is 3. The molecular formula is C30H29N5O4S. The van der Waals surface area contributed by atoms with Crippen LogP contribution in [0.3, 0.4) is 0 Å². The number of rotatable bonds is 6. The number of carbonyl (C=O) groups excluding carboxylic acids is 3. The number of hydrogen-bond acceptors (Lipinski definition) is 6. The van der Waals surface area contributed by atoms with Crippen molar-refractivity contribution in [3.05, 3.63) is 78.2 Å². The van der Waals surface area contributed by atoms with Gasteiger partial charge in [-0.25, -0.2) is 0 Å². The molecule has 2 aromatic carbocycles. The lowest BCUT2D eigenvalue weighted by Gasteiger charge is -2.25. The lowest BCUT2D eigenvalue weighted by molar-refractivity contribution is -0.138. The van der Waals surface area contributed by atoms with Gasteiger partial charge in [0.2, 0.25) is 11.8 Å². The van der Waals surface area contributed by atoms with Gasteiger partial charge in [-0.3, -0.25) is 19.4 Å². The summed E-state index contributed by atoms with van der Waals surface area (Å²) in [5, 5.41) is 6.73. The Morgan fingerprint density at radius 1 is 1.12 bits per heavy atom. The number of benzene rings is 2. The zero-order valence-corrected chi connectivity index (χ0v) is 23.0. The van der Waals surface area contributed by atoms with Crippen molar-refractivity contribution in [3.8, 4) is 11.5 Å². The van der Waals surface area contributed by atoms with Crippen LogP contribution < -0.4 is 15.4 Å². The molecule has 4 aromatic rings. The Bertz CT molecular complexity index is 1590. The molecule has 1 fully saturated rings. The number of carbonyl (C=O) groups is 3. The number of fused-ring (bicyclic) bond motifs is 3. The maximum atomic E-state index is 13.3. The molecule has 4 heterocycles. The number of aromatic nitrogens is 2. The largest absolute Gasteiger partial charge is 0.455 e. The minimum absolute atomic E-state index is 0.169. The van der Waals surface area contributed by atoms with Crippen molar-refractivity contribution in [2.24, 2.45) is 5.92 Å². The van der Waals surface area contributed by atoms with Crippen LogP contribution in [0.2, 0.25) is 0 Å². The van der Waals surface area contributed by atoms with Gasteiger partial charge in [-0.2, -0.15) is 0 Å². The molecule has 3 atom stereocenters. The molecule has 2 aromatic heterocycles. The summed E-state index contributed by atoms with van der Waals surface area (Å²) >= 11 is 1.58. The molecule has 0 unspecified atom stereocenters. The third-order valence-electron chi connectivity index (χ3n) is 7.30. The predicted molar refractivity (Wildman–Crippen MR) is 151 cm³/mol. The highest BCUT2D eigenvalue weighted by molar-refractivity contribution is 7.99. The van der Waals surface area contributed by atoms with Crippen molar-refractivity contribution in [2.75, 3.05) is 13.1 Å². The number of aromatic amines is 1. The van der Waals surface area contributed by atoms with Crippen LogP contribution in [0.15, 0.2) is 76.8 Å². The fourth-order valence-electron chi connectivity index (χ4n) is 5.21. The quantitative estimate of drug-likeness (QED) is 0.281. The van der Waals surface area contributed by atoms with Crippen molar-refractivity contribution in [3.63, 3.8) is 0 Å². The van der Waals surface area contributed by atoms with E-state index >= 15 is 0 Å². The number of likely N-dealkylation sites (tertiary alicyclic amines) is 1. The first-order valence-corrected chi connectivity index (χ1v) is 14.1. The summed E-state index contributed by atoms with van der Waals surface area (Å²) < 4.78 is 5.98. The first-order chi connectivity index (χ1) is 19.4. The Hall–Kier alpha value is -4.31. The smallest absolute Gasteiger partial charge is 0.251 e. The average Bonchev–Trinajstić information content (AvgIpc) is 3.58. The molecule has 1 saturated heterocycles. The molecule has 10 heteroatoms. The van der Waals surface area contributed by atoms with Gasteiger partial charge in [0.25, 0.3) is 5.91 Å². The fraction of sp³-hybridized carbons (Fsp3) is 0.267. The predicted octanol–water partition coefficient (Wildman–Crippen LogP) is 4.66. The fourth-order valence-corrected chi connectivity index (χ4v) is 6.15. The molecule has 6 rings (SSSR count). The zero-order chi connectivity index (χ0) is 27.8. The summed E-state index contributed by atoms with van der Waals surface area (Å²) in [4.78, 5) is 50.3. The van der Waals surface area contributed by atoms with E-state index in [0.717, 1.165) is 32.1 Å². The Morgan fingerprint density at radius 2 is 1.95 bits per heavy atom. The SMILES string of the molecule is C[C@H]1C[C@@H](C(=O)N[C@H](C)c2cc3cnccc3[nH]2)N(C(=O)CNC(=O)c2ccc3c(c2)Oc2ccccc2S3)C1. The summed E-state index contributed by atoms with van der Waals surface area (Å²) in [7, 11) is 0. The van der Waals surface area contributed by atoms with Crippen molar-refractivity contribution in [1.29, 1.82) is 0 Å². The molecule has 3 N–H and O–H groups in total. The van der Waals surface area contributed by atoms with E-state index in [1.165, 1.54) is 0 Å². The number of amides is 3.